The van der Waals surface area contributed by atoms with Gasteiger partial charge in [-0.25, -0.2) is 9.97 Å². The van der Waals surface area contributed by atoms with Crippen molar-refractivity contribution < 1.29 is 4.74 Å². The Balaban J connectivity index is 1.44. The monoisotopic (exact) mass is 380 g/mol. The van der Waals surface area contributed by atoms with E-state index in [2.05, 4.69) is 48.1 Å². The molecule has 3 heteroatoms. The minimum Gasteiger partial charge on any atom is -0.490 e. The van der Waals surface area contributed by atoms with Gasteiger partial charge in [0.05, 0.1) is 19.0 Å². The SMILES string of the molecule is CCCCC1CCC(CCc2ccc(-c3ncc(OCCC)cn3)cc2)CC1. The Morgan fingerprint density at radius 3 is 2.11 bits per heavy atom. The largest absolute Gasteiger partial charge is 0.490 e. The van der Waals surface area contributed by atoms with Gasteiger partial charge in [-0.05, 0) is 36.7 Å². The second-order valence-corrected chi connectivity index (χ2v) is 8.36. The van der Waals surface area contributed by atoms with E-state index in [-0.39, 0.29) is 0 Å². The number of ether oxygens (including phenoxy) is 1. The molecule has 152 valence electrons. The summed E-state index contributed by atoms with van der Waals surface area (Å²) in [4.78, 5) is 8.89. The van der Waals surface area contributed by atoms with Crippen LogP contribution in [0.25, 0.3) is 11.4 Å². The van der Waals surface area contributed by atoms with Gasteiger partial charge in [0.1, 0.15) is 0 Å². The quantitative estimate of drug-likeness (QED) is 0.451. The zero-order chi connectivity index (χ0) is 19.6. The van der Waals surface area contributed by atoms with Gasteiger partial charge in [0.25, 0.3) is 0 Å². The predicted molar refractivity (Wildman–Crippen MR) is 117 cm³/mol. The zero-order valence-corrected chi connectivity index (χ0v) is 17.7. The fraction of sp³-hybridized carbons (Fsp3) is 0.600. The maximum Gasteiger partial charge on any atom is 0.159 e. The lowest BCUT2D eigenvalue weighted by Crippen LogP contribution is -2.15. The Labute approximate surface area is 171 Å². The molecule has 1 heterocycles. The van der Waals surface area contributed by atoms with Crippen LogP contribution in [0, 0.1) is 11.8 Å². The molecule has 1 fully saturated rings. The van der Waals surface area contributed by atoms with Crippen LogP contribution < -0.4 is 4.74 Å². The van der Waals surface area contributed by atoms with Crippen molar-refractivity contribution in [2.45, 2.75) is 78.1 Å². The molecule has 0 saturated heterocycles. The zero-order valence-electron chi connectivity index (χ0n) is 17.7. The Kier molecular flexibility index (Phi) is 8.32. The van der Waals surface area contributed by atoms with Gasteiger partial charge in [0, 0.05) is 5.56 Å². The van der Waals surface area contributed by atoms with Crippen LogP contribution in [0.4, 0.5) is 0 Å². The number of aryl methyl sites for hydroxylation is 1. The third kappa shape index (κ3) is 6.32. The number of aromatic nitrogens is 2. The van der Waals surface area contributed by atoms with Crippen LogP contribution in [-0.2, 0) is 6.42 Å². The Bertz CT molecular complexity index is 673. The molecule has 1 aromatic heterocycles. The number of nitrogens with zero attached hydrogens (tertiary/aromatic N) is 2. The predicted octanol–water partition coefficient (Wildman–Crippen LogP) is 6.86. The Hall–Kier alpha value is -1.90. The first-order chi connectivity index (χ1) is 13.8. The molecular formula is C25H36N2O. The maximum atomic E-state index is 5.56. The average molecular weight is 381 g/mol. The van der Waals surface area contributed by atoms with Crippen LogP contribution in [0.1, 0.15) is 77.2 Å². The van der Waals surface area contributed by atoms with E-state index in [0.717, 1.165) is 35.4 Å². The first-order valence-electron chi connectivity index (χ1n) is 11.3. The van der Waals surface area contributed by atoms with Gasteiger partial charge in [-0.15, -0.1) is 0 Å². The standard InChI is InChI=1S/C25H36N2O/c1-3-5-6-20-7-9-21(10-8-20)11-12-22-13-15-23(16-14-22)25-26-18-24(19-27-25)28-17-4-2/h13-16,18-21H,3-12,17H2,1-2H3. The number of hydrogen-bond acceptors (Lipinski definition) is 3. The molecule has 0 N–H and O–H groups in total. The summed E-state index contributed by atoms with van der Waals surface area (Å²) in [6.07, 6.45) is 17.1. The van der Waals surface area contributed by atoms with Crippen molar-refractivity contribution in [3.05, 3.63) is 42.2 Å². The second kappa shape index (κ2) is 11.2. The summed E-state index contributed by atoms with van der Waals surface area (Å²) >= 11 is 0. The molecule has 28 heavy (non-hydrogen) atoms. The molecule has 0 atom stereocenters. The van der Waals surface area contributed by atoms with Crippen LogP contribution >= 0.6 is 0 Å². The van der Waals surface area contributed by atoms with Gasteiger partial charge in [0.15, 0.2) is 11.6 Å². The molecular weight excluding hydrogens is 344 g/mol. The van der Waals surface area contributed by atoms with Crippen LogP contribution in [0.2, 0.25) is 0 Å². The average Bonchev–Trinajstić information content (AvgIpc) is 2.76. The third-order valence-electron chi connectivity index (χ3n) is 6.09. The van der Waals surface area contributed by atoms with Crippen molar-refractivity contribution in [1.29, 1.82) is 0 Å². The van der Waals surface area contributed by atoms with E-state index >= 15 is 0 Å². The molecule has 2 aromatic rings. The van der Waals surface area contributed by atoms with Crippen molar-refractivity contribution in [3.63, 3.8) is 0 Å². The topological polar surface area (TPSA) is 35.0 Å². The van der Waals surface area contributed by atoms with Crippen molar-refractivity contribution in [1.82, 2.24) is 9.97 Å². The molecule has 0 radical (unpaired) electrons. The molecule has 3 rings (SSSR count). The fourth-order valence-corrected chi connectivity index (χ4v) is 4.25. The molecule has 0 unspecified atom stereocenters. The van der Waals surface area contributed by atoms with Crippen molar-refractivity contribution in [2.24, 2.45) is 11.8 Å². The van der Waals surface area contributed by atoms with E-state index in [9.17, 15) is 0 Å². The second-order valence-electron chi connectivity index (χ2n) is 8.36. The molecule has 0 aliphatic heterocycles. The van der Waals surface area contributed by atoms with Crippen molar-refractivity contribution in [2.75, 3.05) is 6.61 Å². The highest BCUT2D eigenvalue weighted by Crippen LogP contribution is 2.34. The molecule has 1 aliphatic carbocycles. The number of hydrogen-bond donors (Lipinski definition) is 0. The summed E-state index contributed by atoms with van der Waals surface area (Å²) < 4.78 is 5.56. The van der Waals surface area contributed by atoms with Gasteiger partial charge in [-0.2, -0.15) is 0 Å². The molecule has 0 bridgehead atoms. The van der Waals surface area contributed by atoms with Gasteiger partial charge in [-0.3, -0.25) is 0 Å². The molecule has 0 amide bonds. The summed E-state index contributed by atoms with van der Waals surface area (Å²) in [6.45, 7) is 5.10. The van der Waals surface area contributed by atoms with Crippen molar-refractivity contribution >= 4 is 0 Å². The van der Waals surface area contributed by atoms with Crippen LogP contribution in [0.5, 0.6) is 5.75 Å². The van der Waals surface area contributed by atoms with E-state index in [1.807, 2.05) is 0 Å². The van der Waals surface area contributed by atoms with Crippen LogP contribution in [0.15, 0.2) is 36.7 Å². The number of unbranched alkanes of at least 4 members (excludes halogenated alkanes) is 1. The normalized spacial score (nSPS) is 19.5. The smallest absolute Gasteiger partial charge is 0.159 e. The van der Waals surface area contributed by atoms with Crippen LogP contribution in [-0.4, -0.2) is 16.6 Å². The number of benzene rings is 1. The highest BCUT2D eigenvalue weighted by atomic mass is 16.5. The summed E-state index contributed by atoms with van der Waals surface area (Å²) in [5.41, 5.74) is 2.50. The third-order valence-corrected chi connectivity index (χ3v) is 6.09. The summed E-state index contributed by atoms with van der Waals surface area (Å²) in [6, 6.07) is 8.79. The Morgan fingerprint density at radius 2 is 1.50 bits per heavy atom. The van der Waals surface area contributed by atoms with E-state index in [0.29, 0.717) is 6.61 Å². The van der Waals surface area contributed by atoms with E-state index in [1.54, 1.807) is 12.4 Å². The first kappa shape index (κ1) is 20.8. The molecule has 1 aromatic carbocycles. The van der Waals surface area contributed by atoms with E-state index < -0.39 is 0 Å². The summed E-state index contributed by atoms with van der Waals surface area (Å²) in [5, 5.41) is 0. The van der Waals surface area contributed by atoms with Crippen LogP contribution in [0.3, 0.4) is 0 Å². The minimum absolute atomic E-state index is 0.706. The lowest BCUT2D eigenvalue weighted by atomic mass is 9.78. The highest BCUT2D eigenvalue weighted by molar-refractivity contribution is 5.55. The van der Waals surface area contributed by atoms with E-state index in [1.165, 1.54) is 63.4 Å². The van der Waals surface area contributed by atoms with Gasteiger partial charge in [-0.1, -0.05) is 83.1 Å². The summed E-state index contributed by atoms with van der Waals surface area (Å²) in [7, 11) is 0. The Morgan fingerprint density at radius 1 is 0.857 bits per heavy atom. The highest BCUT2D eigenvalue weighted by Gasteiger charge is 2.20. The molecule has 3 nitrogen and oxygen atoms in total. The minimum atomic E-state index is 0.706. The van der Waals surface area contributed by atoms with Gasteiger partial charge < -0.3 is 4.74 Å². The fourth-order valence-electron chi connectivity index (χ4n) is 4.25. The van der Waals surface area contributed by atoms with Gasteiger partial charge >= 0.3 is 0 Å². The number of rotatable bonds is 10. The maximum absolute atomic E-state index is 5.56. The molecule has 1 aliphatic rings. The lowest BCUT2D eigenvalue weighted by Gasteiger charge is -2.28. The lowest BCUT2D eigenvalue weighted by molar-refractivity contribution is 0.250. The molecule has 1 saturated carbocycles. The molecule has 0 spiro atoms. The summed E-state index contributed by atoms with van der Waals surface area (Å²) in [5.74, 6) is 3.44. The van der Waals surface area contributed by atoms with Crippen molar-refractivity contribution in [3.8, 4) is 17.1 Å². The first-order valence-corrected chi connectivity index (χ1v) is 11.3. The van der Waals surface area contributed by atoms with E-state index in [4.69, 9.17) is 4.74 Å². The van der Waals surface area contributed by atoms with Gasteiger partial charge in [0.2, 0.25) is 0 Å².